The predicted octanol–water partition coefficient (Wildman–Crippen LogP) is 4.35. The van der Waals surface area contributed by atoms with Gasteiger partial charge in [-0.15, -0.1) is 0 Å². The van der Waals surface area contributed by atoms with Gasteiger partial charge in [-0.05, 0) is 30.2 Å². The summed E-state index contributed by atoms with van der Waals surface area (Å²) in [4.78, 5) is 14.2. The minimum Gasteiger partial charge on any atom is -0.377 e. The molecule has 24 heavy (non-hydrogen) atoms. The van der Waals surface area contributed by atoms with Gasteiger partial charge in [-0.3, -0.25) is 0 Å². The van der Waals surface area contributed by atoms with E-state index in [4.69, 9.17) is 4.74 Å². The van der Waals surface area contributed by atoms with Gasteiger partial charge in [-0.25, -0.2) is 9.18 Å². The fourth-order valence-electron chi connectivity index (χ4n) is 2.68. The van der Waals surface area contributed by atoms with E-state index in [-0.39, 0.29) is 5.82 Å². The van der Waals surface area contributed by atoms with Crippen LogP contribution in [0.15, 0.2) is 59.7 Å². The van der Waals surface area contributed by atoms with Crippen molar-refractivity contribution in [1.82, 2.24) is 4.57 Å². The van der Waals surface area contributed by atoms with Crippen molar-refractivity contribution in [3.63, 3.8) is 0 Å². The lowest BCUT2D eigenvalue weighted by atomic mass is 10.2. The molecule has 0 unspecified atom stereocenters. The molecule has 0 bridgehead atoms. The van der Waals surface area contributed by atoms with Crippen LogP contribution in [0.3, 0.4) is 0 Å². The molecule has 4 nitrogen and oxygen atoms in total. The normalized spacial score (nSPS) is 10.7. The van der Waals surface area contributed by atoms with Crippen LogP contribution in [0.25, 0.3) is 10.9 Å². The summed E-state index contributed by atoms with van der Waals surface area (Å²) in [6, 6.07) is 14.5. The number of rotatable bonds is 7. The van der Waals surface area contributed by atoms with Crippen molar-refractivity contribution in [3.05, 3.63) is 66.1 Å². The molecular weight excluding hydrogens is 307 g/mol. The number of benzene rings is 2. The molecule has 0 atom stereocenters. The highest BCUT2D eigenvalue weighted by Crippen LogP contribution is 2.29. The molecule has 0 N–H and O–H groups in total. The van der Waals surface area contributed by atoms with Crippen LogP contribution in [0, 0.1) is 5.82 Å². The zero-order valence-corrected chi connectivity index (χ0v) is 13.1. The Morgan fingerprint density at radius 1 is 1.17 bits per heavy atom. The first-order chi connectivity index (χ1) is 11.8. The zero-order valence-electron chi connectivity index (χ0n) is 13.1. The topological polar surface area (TPSA) is 43.6 Å². The van der Waals surface area contributed by atoms with E-state index in [0.717, 1.165) is 17.5 Å². The average molecular weight is 324 g/mol. The quantitative estimate of drug-likeness (QED) is 0.368. The number of ether oxygens (including phenoxy) is 1. The predicted molar refractivity (Wildman–Crippen MR) is 90.4 cm³/mol. The number of aromatic nitrogens is 1. The molecule has 0 spiro atoms. The molecule has 0 saturated carbocycles. The first-order valence-corrected chi connectivity index (χ1v) is 7.76. The van der Waals surface area contributed by atoms with Gasteiger partial charge >= 0.3 is 0 Å². The van der Waals surface area contributed by atoms with Crippen molar-refractivity contribution in [1.29, 1.82) is 0 Å². The number of halogens is 1. The summed E-state index contributed by atoms with van der Waals surface area (Å²) in [5, 5.41) is 0.614. The number of isocyanates is 1. The van der Waals surface area contributed by atoms with Crippen molar-refractivity contribution in [2.75, 3.05) is 6.61 Å². The smallest absolute Gasteiger partial charge is 0.240 e. The van der Waals surface area contributed by atoms with Gasteiger partial charge in [0.15, 0.2) is 0 Å². The van der Waals surface area contributed by atoms with Gasteiger partial charge in [0, 0.05) is 24.7 Å². The highest BCUT2D eigenvalue weighted by molar-refractivity contribution is 5.92. The lowest BCUT2D eigenvalue weighted by Crippen LogP contribution is -2.02. The van der Waals surface area contributed by atoms with Crippen LogP contribution in [0.4, 0.5) is 10.1 Å². The van der Waals surface area contributed by atoms with Gasteiger partial charge in [-0.1, -0.05) is 30.3 Å². The number of hydrogen-bond donors (Lipinski definition) is 0. The third kappa shape index (κ3) is 3.77. The number of aryl methyl sites for hydroxylation is 1. The van der Waals surface area contributed by atoms with E-state index in [2.05, 4.69) is 4.99 Å². The van der Waals surface area contributed by atoms with Crippen LogP contribution in [0.5, 0.6) is 0 Å². The summed E-state index contributed by atoms with van der Waals surface area (Å²) in [5.74, 6) is -0.353. The maximum atomic E-state index is 13.4. The number of fused-ring (bicyclic) bond motifs is 1. The van der Waals surface area contributed by atoms with Gasteiger partial charge in [-0.2, -0.15) is 4.99 Å². The molecular formula is C19H17FN2O2. The summed E-state index contributed by atoms with van der Waals surface area (Å²) < 4.78 is 21.0. The van der Waals surface area contributed by atoms with Gasteiger partial charge in [0.25, 0.3) is 0 Å². The Balaban J connectivity index is 1.62. The first kappa shape index (κ1) is 16.1. The molecule has 0 aliphatic rings. The Morgan fingerprint density at radius 2 is 2.00 bits per heavy atom. The fourth-order valence-corrected chi connectivity index (χ4v) is 2.68. The molecule has 0 aliphatic carbocycles. The van der Waals surface area contributed by atoms with Gasteiger partial charge in [0.2, 0.25) is 6.08 Å². The second kappa shape index (κ2) is 7.68. The van der Waals surface area contributed by atoms with E-state index in [0.29, 0.717) is 30.8 Å². The van der Waals surface area contributed by atoms with Crippen molar-refractivity contribution in [2.45, 2.75) is 19.6 Å². The largest absolute Gasteiger partial charge is 0.377 e. The maximum Gasteiger partial charge on any atom is 0.240 e. The Labute approximate surface area is 139 Å². The molecule has 0 radical (unpaired) electrons. The third-order valence-electron chi connectivity index (χ3n) is 3.79. The van der Waals surface area contributed by atoms with Crippen LogP contribution >= 0.6 is 0 Å². The summed E-state index contributed by atoms with van der Waals surface area (Å²) in [7, 11) is 0. The van der Waals surface area contributed by atoms with Crippen LogP contribution in [0.1, 0.15) is 12.0 Å². The second-order valence-electron chi connectivity index (χ2n) is 5.46. The third-order valence-corrected chi connectivity index (χ3v) is 3.79. The molecule has 3 aromatic rings. The van der Waals surface area contributed by atoms with Crippen LogP contribution < -0.4 is 0 Å². The minimum atomic E-state index is -0.353. The van der Waals surface area contributed by atoms with E-state index in [1.165, 1.54) is 18.2 Å². The van der Waals surface area contributed by atoms with E-state index in [9.17, 15) is 9.18 Å². The van der Waals surface area contributed by atoms with Crippen molar-refractivity contribution < 1.29 is 13.9 Å². The van der Waals surface area contributed by atoms with Gasteiger partial charge in [0.1, 0.15) is 11.5 Å². The van der Waals surface area contributed by atoms with Crippen molar-refractivity contribution in [2.24, 2.45) is 4.99 Å². The highest BCUT2D eigenvalue weighted by atomic mass is 19.1. The van der Waals surface area contributed by atoms with Gasteiger partial charge in [0.05, 0.1) is 12.1 Å². The summed E-state index contributed by atoms with van der Waals surface area (Å²) in [5.41, 5.74) is 2.42. The molecule has 0 fully saturated rings. The number of hydrogen-bond acceptors (Lipinski definition) is 3. The molecule has 0 saturated heterocycles. The van der Waals surface area contributed by atoms with Crippen LogP contribution in [0.2, 0.25) is 0 Å². The first-order valence-electron chi connectivity index (χ1n) is 7.76. The lowest BCUT2D eigenvalue weighted by Gasteiger charge is -2.07. The standard InChI is InChI=1S/C19H17FN2O2/c20-16-7-8-19-17(11-16)18(21-14-23)12-22(19)9-4-10-24-13-15-5-2-1-3-6-15/h1-3,5-8,11-12H,4,9-10,13H2. The Kier molecular flexibility index (Phi) is 5.16. The van der Waals surface area contributed by atoms with E-state index in [1.807, 2.05) is 34.9 Å². The monoisotopic (exact) mass is 324 g/mol. The molecule has 122 valence electrons. The Hall–Kier alpha value is -2.75. The molecule has 1 heterocycles. The molecule has 0 aliphatic heterocycles. The van der Waals surface area contributed by atoms with E-state index < -0.39 is 0 Å². The van der Waals surface area contributed by atoms with Crippen molar-refractivity contribution >= 4 is 22.7 Å². The summed E-state index contributed by atoms with van der Waals surface area (Å²) in [6.45, 7) is 1.90. The zero-order chi connectivity index (χ0) is 16.8. The number of aliphatic imine (C=N–C) groups is 1. The van der Waals surface area contributed by atoms with Crippen LogP contribution in [-0.2, 0) is 22.7 Å². The maximum absolute atomic E-state index is 13.4. The molecule has 3 rings (SSSR count). The molecule has 2 aromatic carbocycles. The summed E-state index contributed by atoms with van der Waals surface area (Å²) >= 11 is 0. The van der Waals surface area contributed by atoms with Gasteiger partial charge < -0.3 is 9.30 Å². The van der Waals surface area contributed by atoms with Crippen LogP contribution in [-0.4, -0.2) is 17.3 Å². The fraction of sp³-hybridized carbons (Fsp3) is 0.211. The lowest BCUT2D eigenvalue weighted by molar-refractivity contribution is 0.116. The number of carbonyl (C=O) groups excluding carboxylic acids is 1. The Morgan fingerprint density at radius 3 is 2.79 bits per heavy atom. The summed E-state index contributed by atoms with van der Waals surface area (Å²) in [6.07, 6.45) is 4.06. The van der Waals surface area contributed by atoms with E-state index >= 15 is 0 Å². The Bertz CT molecular complexity index is 868. The average Bonchev–Trinajstić information content (AvgIpc) is 2.93. The SMILES string of the molecule is O=C=Nc1cn(CCCOCc2ccccc2)c2ccc(F)cc12. The van der Waals surface area contributed by atoms with E-state index in [1.54, 1.807) is 12.3 Å². The molecule has 5 heteroatoms. The molecule has 1 aromatic heterocycles. The second-order valence-corrected chi connectivity index (χ2v) is 5.46. The van der Waals surface area contributed by atoms with Crippen molar-refractivity contribution in [3.8, 4) is 0 Å². The highest BCUT2D eigenvalue weighted by Gasteiger charge is 2.09. The molecule has 0 amide bonds. The number of nitrogens with zero attached hydrogens (tertiary/aromatic N) is 2. The minimum absolute atomic E-state index is 0.353.